The molecule has 3 heteroatoms. The number of amides is 1. The Bertz CT molecular complexity index is 1110. The minimum Gasteiger partial charge on any atom is -0.333 e. The van der Waals surface area contributed by atoms with Gasteiger partial charge in [-0.25, -0.2) is 0 Å². The molecule has 0 N–H and O–H groups in total. The van der Waals surface area contributed by atoms with Crippen molar-refractivity contribution >= 4 is 5.91 Å². The summed E-state index contributed by atoms with van der Waals surface area (Å²) in [5.74, 6) is -4.54. The fourth-order valence-electron chi connectivity index (χ4n) is 3.65. The van der Waals surface area contributed by atoms with Crippen LogP contribution in [0.3, 0.4) is 0 Å². The summed E-state index contributed by atoms with van der Waals surface area (Å²) < 4.78 is 102. The maximum atomic E-state index is 13.7. The maximum Gasteiger partial charge on any atom is 0.254 e. The van der Waals surface area contributed by atoms with E-state index < -0.39 is 62.3 Å². The van der Waals surface area contributed by atoms with Crippen molar-refractivity contribution in [1.82, 2.24) is 9.80 Å². The van der Waals surface area contributed by atoms with Crippen molar-refractivity contribution in [3.63, 3.8) is 0 Å². The SMILES string of the molecule is [2H]C1([2H])c2cccc3c2[C@@]([2H])(CN([C@]2([2H])CN4CC[C@H]2C([2H])([2H])C4([2H])[2H])C3=O)C([2H])([2H])C1([2H])[2H]. The van der Waals surface area contributed by atoms with Crippen LogP contribution in [0.2, 0.25) is 0 Å². The lowest BCUT2D eigenvalue weighted by Crippen LogP contribution is -2.60. The summed E-state index contributed by atoms with van der Waals surface area (Å²) >= 11 is 0. The fourth-order valence-corrected chi connectivity index (χ4v) is 3.65. The van der Waals surface area contributed by atoms with Gasteiger partial charge < -0.3 is 9.80 Å². The number of fused-ring (bicyclic) bond motifs is 3. The van der Waals surface area contributed by atoms with Crippen LogP contribution in [0.5, 0.6) is 0 Å². The van der Waals surface area contributed by atoms with Crippen molar-refractivity contribution in [2.75, 3.05) is 26.1 Å². The Morgan fingerprint density at radius 1 is 1.27 bits per heavy atom. The molecule has 2 bridgehead atoms. The van der Waals surface area contributed by atoms with Crippen LogP contribution in [-0.4, -0.2) is 47.9 Å². The fraction of sp³-hybridized carbons (Fsp3) is 0.632. The van der Waals surface area contributed by atoms with E-state index in [2.05, 4.69) is 0 Å². The molecule has 1 aliphatic carbocycles. The first-order valence-corrected chi connectivity index (χ1v) is 7.51. The van der Waals surface area contributed by atoms with Crippen LogP contribution in [0.4, 0.5) is 0 Å². The van der Waals surface area contributed by atoms with E-state index in [0.29, 0.717) is 0 Å². The molecule has 0 saturated carbocycles. The molecule has 3 saturated heterocycles. The molecular weight excluding hydrogens is 272 g/mol. The van der Waals surface area contributed by atoms with Gasteiger partial charge in [-0.1, -0.05) is 12.1 Å². The largest absolute Gasteiger partial charge is 0.333 e. The lowest BCUT2D eigenvalue weighted by Gasteiger charge is -2.51. The van der Waals surface area contributed by atoms with Gasteiger partial charge in [-0.15, -0.1) is 0 Å². The molecule has 4 atom stereocenters. The zero-order valence-electron chi connectivity index (χ0n) is 23.9. The first-order valence-electron chi connectivity index (χ1n) is 13.5. The van der Waals surface area contributed by atoms with Crippen molar-refractivity contribution in [3.05, 3.63) is 34.9 Å². The normalized spacial score (nSPS) is 62.5. The van der Waals surface area contributed by atoms with E-state index >= 15 is 0 Å². The van der Waals surface area contributed by atoms with Crippen molar-refractivity contribution < 1.29 is 21.2 Å². The molecule has 116 valence electrons. The highest BCUT2D eigenvalue weighted by atomic mass is 16.2. The Labute approximate surface area is 149 Å². The van der Waals surface area contributed by atoms with Crippen LogP contribution in [0.25, 0.3) is 0 Å². The second-order valence-electron chi connectivity index (χ2n) is 5.98. The van der Waals surface area contributed by atoms with Gasteiger partial charge in [0.25, 0.3) is 5.91 Å². The molecule has 1 unspecified atom stereocenters. The molecule has 3 fully saturated rings. The molecule has 0 aromatic heterocycles. The number of carbonyl (C=O) groups is 1. The molecule has 1 aromatic rings. The number of rotatable bonds is 1. The Morgan fingerprint density at radius 3 is 3.14 bits per heavy atom. The van der Waals surface area contributed by atoms with Gasteiger partial charge in [0.05, 0.1) is 1.37 Å². The number of aryl methyl sites for hydroxylation is 1. The molecule has 22 heavy (non-hydrogen) atoms. The smallest absolute Gasteiger partial charge is 0.254 e. The van der Waals surface area contributed by atoms with Gasteiger partial charge in [0.15, 0.2) is 0 Å². The van der Waals surface area contributed by atoms with E-state index in [1.54, 1.807) is 0 Å². The Hall–Kier alpha value is -1.35. The number of piperidine rings is 3. The number of hydrogen-bond acceptors (Lipinski definition) is 2. The van der Waals surface area contributed by atoms with Crippen LogP contribution < -0.4 is 0 Å². The minimum absolute atomic E-state index is 0.0773. The molecule has 1 amide bonds. The minimum atomic E-state index is -3.16. The number of carbonyl (C=O) groups excluding carboxylic acids is 1. The summed E-state index contributed by atoms with van der Waals surface area (Å²) in [6.45, 7) is -3.34. The highest BCUT2D eigenvalue weighted by Gasteiger charge is 2.43. The van der Waals surface area contributed by atoms with Gasteiger partial charge in [0.1, 0.15) is 0 Å². The predicted molar refractivity (Wildman–Crippen MR) is 86.1 cm³/mol. The Kier molecular flexibility index (Phi) is 1.30. The van der Waals surface area contributed by atoms with Gasteiger partial charge in [-0.2, -0.15) is 0 Å². The third-order valence-corrected chi connectivity index (χ3v) is 4.75. The van der Waals surface area contributed by atoms with Crippen LogP contribution in [0.15, 0.2) is 18.2 Å². The van der Waals surface area contributed by atoms with E-state index in [-0.39, 0.29) is 36.2 Å². The van der Waals surface area contributed by atoms with E-state index in [1.165, 1.54) is 18.2 Å². The average Bonchev–Trinajstić information content (AvgIpc) is 2.73. The second-order valence-corrected chi connectivity index (χ2v) is 5.98. The van der Waals surface area contributed by atoms with Crippen molar-refractivity contribution in [3.8, 4) is 0 Å². The summed E-state index contributed by atoms with van der Waals surface area (Å²) in [7, 11) is 0. The van der Waals surface area contributed by atoms with Crippen molar-refractivity contribution in [2.24, 2.45) is 5.92 Å². The van der Waals surface area contributed by atoms with Gasteiger partial charge >= 0.3 is 0 Å². The molecule has 5 aliphatic rings. The van der Waals surface area contributed by atoms with Gasteiger partial charge in [-0.3, -0.25) is 4.79 Å². The topological polar surface area (TPSA) is 23.6 Å². The van der Waals surface area contributed by atoms with Crippen LogP contribution >= 0.6 is 0 Å². The van der Waals surface area contributed by atoms with E-state index in [4.69, 9.17) is 13.7 Å². The number of nitrogens with zero attached hydrogens (tertiary/aromatic N) is 2. The van der Waals surface area contributed by atoms with Crippen LogP contribution in [0.1, 0.15) is 69.4 Å². The molecule has 0 radical (unpaired) electrons. The summed E-state index contributed by atoms with van der Waals surface area (Å²) in [4.78, 5) is 15.7. The Morgan fingerprint density at radius 2 is 2.23 bits per heavy atom. The molecule has 4 heterocycles. The lowest BCUT2D eigenvalue weighted by molar-refractivity contribution is 0.00258. The van der Waals surface area contributed by atoms with Crippen molar-refractivity contribution in [2.45, 2.75) is 43.8 Å². The quantitative estimate of drug-likeness (QED) is 0.796. The summed E-state index contributed by atoms with van der Waals surface area (Å²) in [5, 5.41) is 0. The summed E-state index contributed by atoms with van der Waals surface area (Å²) in [6.07, 6.45) is -11.6. The van der Waals surface area contributed by atoms with Gasteiger partial charge in [0.2, 0.25) is 0 Å². The average molecular weight is 308 g/mol. The number of hydrogen-bond donors (Lipinski definition) is 0. The predicted octanol–water partition coefficient (Wildman–Crippen LogP) is 2.66. The lowest BCUT2D eigenvalue weighted by atomic mass is 9.75. The first-order chi connectivity index (χ1) is 15.3. The first kappa shape index (κ1) is 5.94. The molecule has 3 nitrogen and oxygen atoms in total. The molecule has 0 spiro atoms. The van der Waals surface area contributed by atoms with Gasteiger partial charge in [0, 0.05) is 45.6 Å². The maximum absolute atomic E-state index is 13.7. The monoisotopic (exact) mass is 308 g/mol. The Balaban J connectivity index is 1.73. The van der Waals surface area contributed by atoms with Gasteiger partial charge in [-0.05, 0) is 68.1 Å². The van der Waals surface area contributed by atoms with E-state index in [1.807, 2.05) is 0 Å². The molecule has 1 aromatic carbocycles. The van der Waals surface area contributed by atoms with E-state index in [0.717, 1.165) is 9.80 Å². The third-order valence-electron chi connectivity index (χ3n) is 4.75. The molecule has 6 rings (SSSR count). The highest BCUT2D eigenvalue weighted by Crippen LogP contribution is 2.41. The zero-order valence-corrected chi connectivity index (χ0v) is 11.9. The summed E-state index contributed by atoms with van der Waals surface area (Å²) in [5.41, 5.74) is -0.744. The third kappa shape index (κ3) is 1.81. The molecule has 4 aliphatic heterocycles. The van der Waals surface area contributed by atoms with Crippen LogP contribution in [-0.2, 0) is 6.37 Å². The second kappa shape index (κ2) is 4.82. The molecular formula is C19H24N2O. The zero-order chi connectivity index (χ0) is 25.5. The van der Waals surface area contributed by atoms with Crippen LogP contribution in [0, 0.1) is 5.92 Å². The standard InChI is InChI=1S/C19H24N2O/c22-19-16-6-2-4-14-3-1-5-15(18(14)16)11-21(19)17-12-20-9-7-13(17)8-10-20/h2,4,6,13,15,17H,1,3,5,7-12H2/t15-,17-/m1/s1/i1D2,3D2,5D2,7D2,9D2,15D,17D/t13-,15-,17-. The summed E-state index contributed by atoms with van der Waals surface area (Å²) in [6, 6.07) is 1.83. The highest BCUT2D eigenvalue weighted by molar-refractivity contribution is 5.97. The number of benzene rings is 1. The van der Waals surface area contributed by atoms with Crippen molar-refractivity contribution in [1.29, 1.82) is 0 Å². The van der Waals surface area contributed by atoms with E-state index in [9.17, 15) is 7.54 Å².